The molecule has 2 aliphatic rings. The van der Waals surface area contributed by atoms with Crippen molar-refractivity contribution in [3.8, 4) is 0 Å². The summed E-state index contributed by atoms with van der Waals surface area (Å²) in [4.78, 5) is 19.0. The topological polar surface area (TPSA) is 66.8 Å². The molecule has 2 heterocycles. The smallest absolute Gasteiger partial charge is 0.252 e. The van der Waals surface area contributed by atoms with Gasteiger partial charge >= 0.3 is 0 Å². The normalized spacial score (nSPS) is 24.1. The van der Waals surface area contributed by atoms with Gasteiger partial charge in [-0.3, -0.25) is 4.79 Å². The van der Waals surface area contributed by atoms with Gasteiger partial charge < -0.3 is 4.90 Å². The highest BCUT2D eigenvalue weighted by Gasteiger charge is 2.49. The highest BCUT2D eigenvalue weighted by atomic mass is 35.5. The zero-order valence-corrected chi connectivity index (χ0v) is 18.5. The Morgan fingerprint density at radius 2 is 1.86 bits per heavy atom. The molecule has 2 saturated heterocycles. The molecule has 0 unspecified atom stereocenters. The highest BCUT2D eigenvalue weighted by molar-refractivity contribution is 8.16. The number of aliphatic imine (C=N–C) groups is 1. The lowest BCUT2D eigenvalue weighted by atomic mass is 10.1. The van der Waals surface area contributed by atoms with Crippen LogP contribution in [0.2, 0.25) is 5.02 Å². The number of aryl methyl sites for hydroxylation is 2. The van der Waals surface area contributed by atoms with Crippen LogP contribution in [0.15, 0.2) is 47.5 Å². The Kier molecular flexibility index (Phi) is 5.48. The quantitative estimate of drug-likeness (QED) is 0.714. The maximum Gasteiger partial charge on any atom is 0.252 e. The van der Waals surface area contributed by atoms with E-state index in [9.17, 15) is 13.2 Å². The Balaban J connectivity index is 1.68. The first kappa shape index (κ1) is 20.4. The largest absolute Gasteiger partial charge is 0.316 e. The Labute approximate surface area is 180 Å². The van der Waals surface area contributed by atoms with E-state index in [0.29, 0.717) is 10.2 Å². The number of amidine groups is 1. The van der Waals surface area contributed by atoms with E-state index in [1.165, 1.54) is 11.8 Å². The lowest BCUT2D eigenvalue weighted by Gasteiger charge is -2.25. The van der Waals surface area contributed by atoms with Crippen LogP contribution in [0, 0.1) is 13.8 Å². The molecule has 8 heteroatoms. The zero-order valence-electron chi connectivity index (χ0n) is 16.1. The maximum atomic E-state index is 12.7. The minimum Gasteiger partial charge on any atom is -0.316 e. The van der Waals surface area contributed by atoms with Gasteiger partial charge in [-0.1, -0.05) is 47.6 Å². The van der Waals surface area contributed by atoms with Crippen LogP contribution in [0.3, 0.4) is 0 Å². The fourth-order valence-corrected chi connectivity index (χ4v) is 8.04. The number of carbonyl (C=O) groups is 1. The first-order valence-corrected chi connectivity index (χ1v) is 12.4. The number of thioether (sulfide) groups is 1. The second-order valence-corrected chi connectivity index (χ2v) is 11.3. The van der Waals surface area contributed by atoms with Crippen molar-refractivity contribution in [1.82, 2.24) is 0 Å². The number of hydrogen-bond acceptors (Lipinski definition) is 4. The second kappa shape index (κ2) is 7.78. The van der Waals surface area contributed by atoms with E-state index in [4.69, 9.17) is 11.6 Å². The van der Waals surface area contributed by atoms with Gasteiger partial charge in [0.05, 0.1) is 24.0 Å². The SMILES string of the molecule is Cc1cc(C)cc(N2C(=NC(=O)Cc3ccccc3Cl)S[C@@H]3CS(=O)(=O)C[C@@H]32)c1. The number of halogens is 1. The molecule has 1 amide bonds. The predicted octanol–water partition coefficient (Wildman–Crippen LogP) is 3.80. The van der Waals surface area contributed by atoms with Crippen LogP contribution >= 0.6 is 23.4 Å². The number of hydrogen-bond donors (Lipinski definition) is 0. The van der Waals surface area contributed by atoms with Crippen molar-refractivity contribution in [2.24, 2.45) is 4.99 Å². The van der Waals surface area contributed by atoms with E-state index in [1.54, 1.807) is 6.07 Å². The lowest BCUT2D eigenvalue weighted by Crippen LogP contribution is -2.37. The monoisotopic (exact) mass is 448 g/mol. The van der Waals surface area contributed by atoms with Gasteiger partial charge in [0.25, 0.3) is 5.91 Å². The molecule has 29 heavy (non-hydrogen) atoms. The van der Waals surface area contributed by atoms with E-state index in [-0.39, 0.29) is 35.1 Å². The Bertz CT molecular complexity index is 1090. The molecule has 0 aliphatic carbocycles. The molecular weight excluding hydrogens is 428 g/mol. The van der Waals surface area contributed by atoms with Crippen LogP contribution in [0.5, 0.6) is 0 Å². The van der Waals surface area contributed by atoms with Crippen LogP contribution in [-0.4, -0.2) is 42.3 Å². The second-order valence-electron chi connectivity index (χ2n) is 7.57. The van der Waals surface area contributed by atoms with Crippen LogP contribution in [0.1, 0.15) is 16.7 Å². The van der Waals surface area contributed by atoms with Crippen LogP contribution in [0.4, 0.5) is 5.69 Å². The summed E-state index contributed by atoms with van der Waals surface area (Å²) in [5.74, 6) is -0.102. The summed E-state index contributed by atoms with van der Waals surface area (Å²) < 4.78 is 24.4. The fourth-order valence-electron chi connectivity index (χ4n) is 3.91. The van der Waals surface area contributed by atoms with Crippen molar-refractivity contribution in [2.75, 3.05) is 16.4 Å². The number of amides is 1. The molecular formula is C21H21ClN2O3S2. The molecule has 0 spiro atoms. The number of fused-ring (bicyclic) bond motifs is 1. The van der Waals surface area contributed by atoms with E-state index in [2.05, 4.69) is 11.1 Å². The van der Waals surface area contributed by atoms with Crippen molar-refractivity contribution < 1.29 is 13.2 Å². The molecule has 152 valence electrons. The van der Waals surface area contributed by atoms with Crippen LogP contribution in [-0.2, 0) is 21.1 Å². The molecule has 2 aromatic carbocycles. The van der Waals surface area contributed by atoms with E-state index < -0.39 is 9.84 Å². The number of benzene rings is 2. The first-order valence-electron chi connectivity index (χ1n) is 9.31. The molecule has 5 nitrogen and oxygen atoms in total. The van der Waals surface area contributed by atoms with Gasteiger partial charge in [-0.05, 0) is 48.7 Å². The van der Waals surface area contributed by atoms with Gasteiger partial charge in [0.1, 0.15) is 0 Å². The average Bonchev–Trinajstić information content (AvgIpc) is 3.06. The van der Waals surface area contributed by atoms with E-state index in [1.807, 2.05) is 49.1 Å². The van der Waals surface area contributed by atoms with Crippen molar-refractivity contribution in [3.05, 3.63) is 64.2 Å². The zero-order chi connectivity index (χ0) is 20.8. The van der Waals surface area contributed by atoms with Gasteiger partial charge in [0.15, 0.2) is 15.0 Å². The maximum absolute atomic E-state index is 12.7. The first-order chi connectivity index (χ1) is 13.7. The number of anilines is 1. The van der Waals surface area contributed by atoms with Gasteiger partial charge in [0, 0.05) is 16.0 Å². The number of carbonyl (C=O) groups excluding carboxylic acids is 1. The summed E-state index contributed by atoms with van der Waals surface area (Å²) in [6, 6.07) is 13.1. The Morgan fingerprint density at radius 1 is 1.17 bits per heavy atom. The third-order valence-electron chi connectivity index (χ3n) is 5.07. The summed E-state index contributed by atoms with van der Waals surface area (Å²) in [5, 5.41) is 0.985. The van der Waals surface area contributed by atoms with E-state index in [0.717, 1.165) is 22.4 Å². The van der Waals surface area contributed by atoms with Gasteiger partial charge in [-0.25, -0.2) is 8.42 Å². The minimum atomic E-state index is -3.09. The fraction of sp³-hybridized carbons (Fsp3) is 0.333. The summed E-state index contributed by atoms with van der Waals surface area (Å²) in [6.45, 7) is 4.00. The molecule has 0 aromatic heterocycles. The third kappa shape index (κ3) is 4.37. The Hall–Kier alpha value is -1.83. The van der Waals surface area contributed by atoms with Crippen LogP contribution in [0.25, 0.3) is 0 Å². The van der Waals surface area contributed by atoms with Crippen molar-refractivity contribution >= 4 is 50.0 Å². The molecule has 2 atom stereocenters. The van der Waals surface area contributed by atoms with E-state index >= 15 is 0 Å². The van der Waals surface area contributed by atoms with Crippen molar-refractivity contribution in [1.29, 1.82) is 0 Å². The van der Waals surface area contributed by atoms with Gasteiger partial charge in [0.2, 0.25) is 0 Å². The number of nitrogens with zero attached hydrogens (tertiary/aromatic N) is 2. The predicted molar refractivity (Wildman–Crippen MR) is 120 cm³/mol. The summed E-state index contributed by atoms with van der Waals surface area (Å²) >= 11 is 7.55. The number of rotatable bonds is 3. The molecule has 4 rings (SSSR count). The molecule has 0 bridgehead atoms. The van der Waals surface area contributed by atoms with Crippen molar-refractivity contribution in [3.63, 3.8) is 0 Å². The lowest BCUT2D eigenvalue weighted by molar-refractivity contribution is -0.117. The summed E-state index contributed by atoms with van der Waals surface area (Å²) in [6.07, 6.45) is 0.109. The summed E-state index contributed by atoms with van der Waals surface area (Å²) in [5.41, 5.74) is 3.77. The minimum absolute atomic E-state index is 0.0788. The number of sulfone groups is 1. The Morgan fingerprint density at radius 3 is 2.55 bits per heavy atom. The average molecular weight is 449 g/mol. The highest BCUT2D eigenvalue weighted by Crippen LogP contribution is 2.41. The van der Waals surface area contributed by atoms with Gasteiger partial charge in [-0.2, -0.15) is 4.99 Å². The van der Waals surface area contributed by atoms with Gasteiger partial charge in [-0.15, -0.1) is 0 Å². The summed E-state index contributed by atoms with van der Waals surface area (Å²) in [7, 11) is -3.09. The molecule has 0 radical (unpaired) electrons. The van der Waals surface area contributed by atoms with Crippen molar-refractivity contribution in [2.45, 2.75) is 31.6 Å². The molecule has 2 fully saturated rings. The molecule has 2 aliphatic heterocycles. The standard InChI is InChI=1S/C21H21ClN2O3S2/c1-13-7-14(2)9-16(8-13)24-18-11-29(26,27)12-19(18)28-21(24)23-20(25)10-15-5-3-4-6-17(15)22/h3-9,18-19H,10-12H2,1-2H3/t18-,19+/m0/s1. The molecule has 0 N–H and O–H groups in total. The van der Waals surface area contributed by atoms with Crippen LogP contribution < -0.4 is 4.90 Å². The molecule has 2 aromatic rings. The molecule has 0 saturated carbocycles. The third-order valence-corrected chi connectivity index (χ3v) is 8.65.